The van der Waals surface area contributed by atoms with E-state index in [4.69, 9.17) is 9.47 Å². The number of ketones is 1. The van der Waals surface area contributed by atoms with Gasteiger partial charge in [0.1, 0.15) is 30.2 Å². The van der Waals surface area contributed by atoms with Crippen LogP contribution in [0.1, 0.15) is 33.6 Å². The van der Waals surface area contributed by atoms with Crippen molar-refractivity contribution in [3.63, 3.8) is 0 Å². The van der Waals surface area contributed by atoms with E-state index < -0.39 is 48.8 Å². The van der Waals surface area contributed by atoms with Crippen molar-refractivity contribution in [2.24, 2.45) is 16.7 Å². The van der Waals surface area contributed by atoms with Gasteiger partial charge >= 0.3 is 0 Å². The molecule has 0 aromatic carbocycles. The standard InChI is InChI=1S/C16H26O7/c1-15(2)7-4-9(16(3,5-7)14(15)21)23-13-12(20)11(19)10(18)8(6-17)22-13/h7-13,17-20H,4-6H2,1-3H3/t7-,8+,9-,10+,11-,12+,13-,16-/m0/s1. The van der Waals surface area contributed by atoms with Gasteiger partial charge in [0, 0.05) is 5.41 Å². The SMILES string of the molecule is CC1(C)C(=O)[C@@]2(C)C[C@@H]1C[C@@H]2O[C@@H]1O[C@H](CO)[C@@H](O)[C@H](O)[C@H]1O. The Hall–Kier alpha value is -0.570. The van der Waals surface area contributed by atoms with Crippen molar-refractivity contribution in [3.05, 3.63) is 0 Å². The molecule has 2 saturated carbocycles. The van der Waals surface area contributed by atoms with Crippen molar-refractivity contribution in [3.8, 4) is 0 Å². The molecule has 7 nitrogen and oxygen atoms in total. The predicted octanol–water partition coefficient (Wildman–Crippen LogP) is -0.803. The molecule has 132 valence electrons. The molecule has 1 heterocycles. The molecule has 8 atom stereocenters. The molecule has 3 rings (SSSR count). The van der Waals surface area contributed by atoms with E-state index in [-0.39, 0.29) is 17.1 Å². The fraction of sp³-hybridized carbons (Fsp3) is 0.938. The van der Waals surface area contributed by atoms with Crippen molar-refractivity contribution >= 4 is 5.78 Å². The summed E-state index contributed by atoms with van der Waals surface area (Å²) in [6.07, 6.45) is -5.48. The van der Waals surface area contributed by atoms with Crippen LogP contribution in [0.4, 0.5) is 0 Å². The molecule has 0 aromatic rings. The number of hydrogen-bond donors (Lipinski definition) is 4. The van der Waals surface area contributed by atoms with Crippen LogP contribution in [0.2, 0.25) is 0 Å². The lowest BCUT2D eigenvalue weighted by molar-refractivity contribution is -0.317. The first kappa shape index (κ1) is 17.3. The van der Waals surface area contributed by atoms with Crippen LogP contribution in [0.15, 0.2) is 0 Å². The Kier molecular flexibility index (Phi) is 4.11. The minimum absolute atomic E-state index is 0.149. The van der Waals surface area contributed by atoms with Gasteiger partial charge in [-0.3, -0.25) is 4.79 Å². The first-order valence-electron chi connectivity index (χ1n) is 8.13. The monoisotopic (exact) mass is 330 g/mol. The largest absolute Gasteiger partial charge is 0.394 e. The van der Waals surface area contributed by atoms with Crippen LogP contribution in [0.3, 0.4) is 0 Å². The molecular formula is C16H26O7. The normalized spacial score (nSPS) is 52.1. The maximum Gasteiger partial charge on any atom is 0.187 e. The van der Waals surface area contributed by atoms with Gasteiger partial charge in [-0.25, -0.2) is 0 Å². The second-order valence-corrected chi connectivity index (χ2v) is 7.93. The molecule has 0 radical (unpaired) electrons. The molecule has 4 N–H and O–H groups in total. The molecule has 0 aromatic heterocycles. The highest BCUT2D eigenvalue weighted by Gasteiger charge is 2.65. The minimum atomic E-state index is -1.47. The highest BCUT2D eigenvalue weighted by Crippen LogP contribution is 2.61. The first-order chi connectivity index (χ1) is 10.6. The Morgan fingerprint density at radius 1 is 1.17 bits per heavy atom. The van der Waals surface area contributed by atoms with Gasteiger partial charge in [-0.15, -0.1) is 0 Å². The Morgan fingerprint density at radius 2 is 1.83 bits per heavy atom. The summed E-state index contributed by atoms with van der Waals surface area (Å²) in [5.41, 5.74) is -1.00. The highest BCUT2D eigenvalue weighted by atomic mass is 16.7. The fourth-order valence-corrected chi connectivity index (χ4v) is 4.50. The number of hydrogen-bond acceptors (Lipinski definition) is 7. The summed E-state index contributed by atoms with van der Waals surface area (Å²) in [7, 11) is 0. The second-order valence-electron chi connectivity index (χ2n) is 7.93. The summed E-state index contributed by atoms with van der Waals surface area (Å²) in [4.78, 5) is 12.7. The number of aliphatic hydroxyl groups excluding tert-OH is 4. The average Bonchev–Trinajstić information content (AvgIpc) is 2.92. The van der Waals surface area contributed by atoms with Gasteiger partial charge in [0.05, 0.1) is 18.1 Å². The third-order valence-electron chi connectivity index (χ3n) is 6.15. The zero-order chi connectivity index (χ0) is 17.2. The van der Waals surface area contributed by atoms with Gasteiger partial charge in [0.25, 0.3) is 0 Å². The highest BCUT2D eigenvalue weighted by molar-refractivity contribution is 5.93. The van der Waals surface area contributed by atoms with E-state index in [1.807, 2.05) is 20.8 Å². The molecule has 0 amide bonds. The second kappa shape index (κ2) is 5.47. The number of fused-ring (bicyclic) bond motifs is 2. The molecule has 0 unspecified atom stereocenters. The maximum atomic E-state index is 12.7. The maximum absolute atomic E-state index is 12.7. The molecule has 1 aliphatic heterocycles. The zero-order valence-electron chi connectivity index (χ0n) is 13.7. The smallest absolute Gasteiger partial charge is 0.187 e. The van der Waals surface area contributed by atoms with Crippen molar-refractivity contribution in [1.29, 1.82) is 0 Å². The fourth-order valence-electron chi connectivity index (χ4n) is 4.50. The molecule has 0 spiro atoms. The molecule has 3 aliphatic rings. The summed E-state index contributed by atoms with van der Waals surface area (Å²) >= 11 is 0. The Balaban J connectivity index is 1.74. The van der Waals surface area contributed by atoms with E-state index in [0.717, 1.165) is 6.42 Å². The Morgan fingerprint density at radius 3 is 2.35 bits per heavy atom. The van der Waals surface area contributed by atoms with Crippen molar-refractivity contribution in [1.82, 2.24) is 0 Å². The molecular weight excluding hydrogens is 304 g/mol. The van der Waals surface area contributed by atoms with Crippen LogP contribution >= 0.6 is 0 Å². The molecule has 7 heteroatoms. The predicted molar refractivity (Wildman–Crippen MR) is 78.3 cm³/mol. The van der Waals surface area contributed by atoms with E-state index in [9.17, 15) is 25.2 Å². The topological polar surface area (TPSA) is 116 Å². The van der Waals surface area contributed by atoms with Gasteiger partial charge in [0.2, 0.25) is 0 Å². The summed E-state index contributed by atoms with van der Waals surface area (Å²) < 4.78 is 11.2. The van der Waals surface area contributed by atoms with Crippen LogP contribution in [0.25, 0.3) is 0 Å². The number of carbonyl (C=O) groups excluding carboxylic acids is 1. The van der Waals surface area contributed by atoms with Gasteiger partial charge in [0.15, 0.2) is 6.29 Å². The first-order valence-corrected chi connectivity index (χ1v) is 8.13. The Labute approximate surface area is 135 Å². The summed E-state index contributed by atoms with van der Waals surface area (Å²) in [6, 6.07) is 0. The van der Waals surface area contributed by atoms with Gasteiger partial charge < -0.3 is 29.9 Å². The van der Waals surface area contributed by atoms with Crippen LogP contribution in [-0.4, -0.2) is 69.6 Å². The van der Waals surface area contributed by atoms with Crippen molar-refractivity contribution < 1.29 is 34.7 Å². The van der Waals surface area contributed by atoms with Crippen LogP contribution < -0.4 is 0 Å². The zero-order valence-corrected chi connectivity index (χ0v) is 13.7. The lowest BCUT2D eigenvalue weighted by Crippen LogP contribution is -2.60. The lowest BCUT2D eigenvalue weighted by atomic mass is 9.70. The van der Waals surface area contributed by atoms with Crippen LogP contribution in [0.5, 0.6) is 0 Å². The third kappa shape index (κ3) is 2.37. The molecule has 3 fully saturated rings. The average molecular weight is 330 g/mol. The summed E-state index contributed by atoms with van der Waals surface area (Å²) in [5.74, 6) is 0.366. The van der Waals surface area contributed by atoms with E-state index in [0.29, 0.717) is 6.42 Å². The number of ether oxygens (including phenoxy) is 2. The molecule has 23 heavy (non-hydrogen) atoms. The molecule has 2 bridgehead atoms. The van der Waals surface area contributed by atoms with Crippen LogP contribution in [0, 0.1) is 16.7 Å². The van der Waals surface area contributed by atoms with Gasteiger partial charge in [-0.05, 0) is 18.8 Å². The Bertz CT molecular complexity index is 491. The van der Waals surface area contributed by atoms with Crippen molar-refractivity contribution in [2.75, 3.05) is 6.61 Å². The van der Waals surface area contributed by atoms with Gasteiger partial charge in [-0.1, -0.05) is 20.8 Å². The summed E-state index contributed by atoms with van der Waals surface area (Å²) in [5, 5.41) is 38.9. The molecule has 1 saturated heterocycles. The van der Waals surface area contributed by atoms with Crippen LogP contribution in [-0.2, 0) is 14.3 Å². The van der Waals surface area contributed by atoms with E-state index >= 15 is 0 Å². The van der Waals surface area contributed by atoms with Crippen molar-refractivity contribution in [2.45, 2.75) is 70.4 Å². The van der Waals surface area contributed by atoms with E-state index in [1.54, 1.807) is 0 Å². The van der Waals surface area contributed by atoms with E-state index in [1.165, 1.54) is 0 Å². The van der Waals surface area contributed by atoms with Gasteiger partial charge in [-0.2, -0.15) is 0 Å². The summed E-state index contributed by atoms with van der Waals surface area (Å²) in [6.45, 7) is 5.28. The van der Waals surface area contributed by atoms with E-state index in [2.05, 4.69) is 0 Å². The number of rotatable bonds is 3. The third-order valence-corrected chi connectivity index (χ3v) is 6.15. The quantitative estimate of drug-likeness (QED) is 0.535. The lowest BCUT2D eigenvalue weighted by Gasteiger charge is -2.44. The number of aliphatic hydroxyl groups is 4. The minimum Gasteiger partial charge on any atom is -0.394 e. The number of Topliss-reactive ketones (excluding diaryl/α,β-unsaturated/α-hetero) is 1. The number of carbonyl (C=O) groups is 1. The molecule has 2 aliphatic carbocycles.